The van der Waals surface area contributed by atoms with Crippen LogP contribution in [0.15, 0.2) is 42.5 Å². The number of hydrogen-bond acceptors (Lipinski definition) is 4. The third kappa shape index (κ3) is 2.52. The fourth-order valence-electron chi connectivity index (χ4n) is 1.78. The number of ketones is 1. The number of ether oxygens (including phenoxy) is 2. The highest BCUT2D eigenvalue weighted by Gasteiger charge is 2.16. The number of carbonyl (C=O) groups is 1. The number of benzene rings is 2. The molecule has 2 aromatic rings. The molecule has 0 spiro atoms. The number of hydrogen-bond donors (Lipinski definition) is 1. The van der Waals surface area contributed by atoms with Crippen LogP contribution in [-0.2, 0) is 0 Å². The minimum Gasteiger partial charge on any atom is -0.502 e. The molecule has 19 heavy (non-hydrogen) atoms. The van der Waals surface area contributed by atoms with E-state index in [0.717, 1.165) is 0 Å². The molecule has 0 amide bonds. The predicted octanol–water partition coefficient (Wildman–Crippen LogP) is 2.64. The maximum atomic E-state index is 12.3. The van der Waals surface area contributed by atoms with Gasteiger partial charge in [0.25, 0.3) is 0 Å². The molecule has 0 aliphatic carbocycles. The highest BCUT2D eigenvalue weighted by Crippen LogP contribution is 2.37. The van der Waals surface area contributed by atoms with Crippen LogP contribution in [0.2, 0.25) is 0 Å². The highest BCUT2D eigenvalue weighted by molar-refractivity contribution is 6.09. The fourth-order valence-corrected chi connectivity index (χ4v) is 1.78. The zero-order valence-corrected chi connectivity index (χ0v) is 10.7. The van der Waals surface area contributed by atoms with E-state index < -0.39 is 0 Å². The second-order valence-corrected chi connectivity index (χ2v) is 3.92. The van der Waals surface area contributed by atoms with E-state index >= 15 is 0 Å². The van der Waals surface area contributed by atoms with Gasteiger partial charge in [0.15, 0.2) is 17.3 Å². The summed E-state index contributed by atoms with van der Waals surface area (Å²) in [5.41, 5.74) is 0.968. The van der Waals surface area contributed by atoms with Gasteiger partial charge in [-0.2, -0.15) is 0 Å². The Bertz CT molecular complexity index is 565. The Morgan fingerprint density at radius 3 is 1.95 bits per heavy atom. The summed E-state index contributed by atoms with van der Waals surface area (Å²) < 4.78 is 10.1. The first-order valence-electron chi connectivity index (χ1n) is 5.72. The van der Waals surface area contributed by atoms with Crippen LogP contribution in [0, 0.1) is 0 Å². The van der Waals surface area contributed by atoms with Crippen LogP contribution < -0.4 is 9.47 Å². The predicted molar refractivity (Wildman–Crippen MR) is 71.1 cm³/mol. The Kier molecular flexibility index (Phi) is 3.71. The molecule has 0 aromatic heterocycles. The van der Waals surface area contributed by atoms with Crippen molar-refractivity contribution in [3.8, 4) is 17.2 Å². The van der Waals surface area contributed by atoms with E-state index in [-0.39, 0.29) is 23.0 Å². The van der Waals surface area contributed by atoms with E-state index in [1.165, 1.54) is 26.4 Å². The standard InChI is InChI=1S/C15H14O4/c1-18-12-8-11(9-13(19-2)15(12)17)14(16)10-6-4-3-5-7-10/h3-9,17H,1-2H3. The van der Waals surface area contributed by atoms with Crippen LogP contribution >= 0.6 is 0 Å². The fraction of sp³-hybridized carbons (Fsp3) is 0.133. The lowest BCUT2D eigenvalue weighted by atomic mass is 10.0. The molecule has 0 aliphatic rings. The van der Waals surface area contributed by atoms with Crippen LogP contribution in [0.4, 0.5) is 0 Å². The summed E-state index contributed by atoms with van der Waals surface area (Å²) in [5, 5.41) is 9.80. The van der Waals surface area contributed by atoms with Crippen molar-refractivity contribution in [2.24, 2.45) is 0 Å². The van der Waals surface area contributed by atoms with Gasteiger partial charge in [0, 0.05) is 11.1 Å². The third-order valence-corrected chi connectivity index (χ3v) is 2.78. The van der Waals surface area contributed by atoms with Crippen molar-refractivity contribution >= 4 is 5.78 Å². The SMILES string of the molecule is COc1cc(C(=O)c2ccccc2)cc(OC)c1O. The van der Waals surface area contributed by atoms with Crippen molar-refractivity contribution in [3.05, 3.63) is 53.6 Å². The van der Waals surface area contributed by atoms with E-state index in [1.807, 2.05) is 6.07 Å². The van der Waals surface area contributed by atoms with Gasteiger partial charge in [-0.3, -0.25) is 4.79 Å². The third-order valence-electron chi connectivity index (χ3n) is 2.78. The van der Waals surface area contributed by atoms with Crippen LogP contribution in [0.3, 0.4) is 0 Å². The Morgan fingerprint density at radius 2 is 1.47 bits per heavy atom. The van der Waals surface area contributed by atoms with Crippen molar-refractivity contribution in [3.63, 3.8) is 0 Å². The minimum absolute atomic E-state index is 0.116. The summed E-state index contributed by atoms with van der Waals surface area (Å²) in [7, 11) is 2.84. The quantitative estimate of drug-likeness (QED) is 0.856. The first-order chi connectivity index (χ1) is 9.17. The van der Waals surface area contributed by atoms with Gasteiger partial charge in [0.1, 0.15) is 0 Å². The average molecular weight is 258 g/mol. The number of methoxy groups -OCH3 is 2. The second-order valence-electron chi connectivity index (χ2n) is 3.92. The van der Waals surface area contributed by atoms with Gasteiger partial charge in [-0.1, -0.05) is 30.3 Å². The van der Waals surface area contributed by atoms with Crippen molar-refractivity contribution in [2.75, 3.05) is 14.2 Å². The second kappa shape index (κ2) is 5.44. The molecule has 0 saturated heterocycles. The van der Waals surface area contributed by atoms with Gasteiger partial charge >= 0.3 is 0 Å². The maximum absolute atomic E-state index is 12.3. The molecular weight excluding hydrogens is 244 g/mol. The first kappa shape index (κ1) is 13.0. The maximum Gasteiger partial charge on any atom is 0.200 e. The highest BCUT2D eigenvalue weighted by atomic mass is 16.5. The first-order valence-corrected chi connectivity index (χ1v) is 5.72. The Morgan fingerprint density at radius 1 is 0.947 bits per heavy atom. The molecule has 0 bridgehead atoms. The molecule has 1 N–H and O–H groups in total. The lowest BCUT2D eigenvalue weighted by molar-refractivity contribution is 0.103. The van der Waals surface area contributed by atoms with Gasteiger partial charge < -0.3 is 14.6 Å². The summed E-state index contributed by atoms with van der Waals surface area (Å²) in [6, 6.07) is 11.9. The largest absolute Gasteiger partial charge is 0.502 e. The Labute approximate surface area is 111 Å². The van der Waals surface area contributed by atoms with E-state index in [0.29, 0.717) is 11.1 Å². The summed E-state index contributed by atoms with van der Waals surface area (Å²) in [4.78, 5) is 12.3. The molecule has 4 heteroatoms. The minimum atomic E-state index is -0.155. The molecule has 98 valence electrons. The molecule has 0 heterocycles. The number of aromatic hydroxyl groups is 1. The number of rotatable bonds is 4. The number of carbonyl (C=O) groups excluding carboxylic acids is 1. The monoisotopic (exact) mass is 258 g/mol. The number of phenolic OH excluding ortho intramolecular Hbond substituents is 1. The summed E-state index contributed by atoms with van der Waals surface area (Å²) in [6.07, 6.45) is 0. The van der Waals surface area contributed by atoms with E-state index in [1.54, 1.807) is 24.3 Å². The lowest BCUT2D eigenvalue weighted by Gasteiger charge is -2.10. The molecule has 4 nitrogen and oxygen atoms in total. The van der Waals surface area contributed by atoms with Gasteiger partial charge in [-0.05, 0) is 12.1 Å². The molecule has 2 rings (SSSR count). The average Bonchev–Trinajstić information content (AvgIpc) is 2.47. The zero-order valence-electron chi connectivity index (χ0n) is 10.7. The number of phenols is 1. The molecule has 0 unspecified atom stereocenters. The molecule has 0 aliphatic heterocycles. The topological polar surface area (TPSA) is 55.8 Å². The smallest absolute Gasteiger partial charge is 0.200 e. The normalized spacial score (nSPS) is 10.0. The Balaban J connectivity index is 2.48. The van der Waals surface area contributed by atoms with Crippen LogP contribution in [0.25, 0.3) is 0 Å². The van der Waals surface area contributed by atoms with E-state index in [4.69, 9.17) is 9.47 Å². The van der Waals surface area contributed by atoms with E-state index in [2.05, 4.69) is 0 Å². The molecule has 0 radical (unpaired) electrons. The zero-order chi connectivity index (χ0) is 13.8. The van der Waals surface area contributed by atoms with E-state index in [9.17, 15) is 9.90 Å². The summed E-state index contributed by atoms with van der Waals surface area (Å²) >= 11 is 0. The van der Waals surface area contributed by atoms with Crippen LogP contribution in [0.5, 0.6) is 17.2 Å². The molecular formula is C15H14O4. The molecule has 0 atom stereocenters. The van der Waals surface area contributed by atoms with Crippen LogP contribution in [0.1, 0.15) is 15.9 Å². The van der Waals surface area contributed by atoms with Crippen molar-refractivity contribution in [1.29, 1.82) is 0 Å². The molecule has 2 aromatic carbocycles. The van der Waals surface area contributed by atoms with Gasteiger partial charge in [0.2, 0.25) is 5.75 Å². The van der Waals surface area contributed by atoms with Crippen molar-refractivity contribution in [1.82, 2.24) is 0 Å². The summed E-state index contributed by atoms with van der Waals surface area (Å²) in [6.45, 7) is 0. The van der Waals surface area contributed by atoms with Crippen LogP contribution in [-0.4, -0.2) is 25.1 Å². The van der Waals surface area contributed by atoms with Crippen molar-refractivity contribution < 1.29 is 19.4 Å². The van der Waals surface area contributed by atoms with Gasteiger partial charge in [0.05, 0.1) is 14.2 Å². The van der Waals surface area contributed by atoms with Crippen molar-refractivity contribution in [2.45, 2.75) is 0 Å². The molecule has 0 saturated carbocycles. The van der Waals surface area contributed by atoms with Gasteiger partial charge in [-0.15, -0.1) is 0 Å². The van der Waals surface area contributed by atoms with Gasteiger partial charge in [-0.25, -0.2) is 0 Å². The Hall–Kier alpha value is -2.49. The lowest BCUT2D eigenvalue weighted by Crippen LogP contribution is -2.02. The summed E-state index contributed by atoms with van der Waals surface area (Å²) in [5.74, 6) is 0.143. The molecule has 0 fully saturated rings.